The van der Waals surface area contributed by atoms with Gasteiger partial charge in [0.1, 0.15) is 0 Å². The maximum Gasteiger partial charge on any atom is 0.0960 e. The van der Waals surface area contributed by atoms with Crippen molar-refractivity contribution in [2.75, 3.05) is 13.7 Å². The fraction of sp³-hybridized carbons (Fsp3) is 0.750. The Balaban J connectivity index is 2.40. The van der Waals surface area contributed by atoms with Crippen LogP contribution in [0.4, 0.5) is 0 Å². The van der Waals surface area contributed by atoms with Crippen LogP contribution in [0.3, 0.4) is 0 Å². The summed E-state index contributed by atoms with van der Waals surface area (Å²) in [6, 6.07) is 0. The standard InChI is InChI=1S/C8H14BrN3O/c1-7(9)8-6-12(11-10-8)4-3-5-13-2/h6-7H,3-5H2,1-2H3. The molecule has 0 aliphatic carbocycles. The number of methoxy groups -OCH3 is 1. The smallest absolute Gasteiger partial charge is 0.0960 e. The topological polar surface area (TPSA) is 39.9 Å². The number of ether oxygens (including phenoxy) is 1. The van der Waals surface area contributed by atoms with Crippen molar-refractivity contribution in [2.24, 2.45) is 0 Å². The Hall–Kier alpha value is -0.420. The van der Waals surface area contributed by atoms with E-state index >= 15 is 0 Å². The Bertz CT molecular complexity index is 249. The lowest BCUT2D eigenvalue weighted by molar-refractivity contribution is 0.188. The van der Waals surface area contributed by atoms with Crippen molar-refractivity contribution in [1.82, 2.24) is 15.0 Å². The van der Waals surface area contributed by atoms with Gasteiger partial charge in [-0.2, -0.15) is 0 Å². The van der Waals surface area contributed by atoms with Crippen LogP contribution in [0.5, 0.6) is 0 Å². The summed E-state index contributed by atoms with van der Waals surface area (Å²) in [7, 11) is 1.70. The molecule has 13 heavy (non-hydrogen) atoms. The van der Waals surface area contributed by atoms with Gasteiger partial charge >= 0.3 is 0 Å². The first-order valence-electron chi connectivity index (χ1n) is 4.27. The van der Waals surface area contributed by atoms with Gasteiger partial charge < -0.3 is 4.74 Å². The number of hydrogen-bond donors (Lipinski definition) is 0. The summed E-state index contributed by atoms with van der Waals surface area (Å²) in [4.78, 5) is 0.267. The minimum absolute atomic E-state index is 0.267. The second-order valence-electron chi connectivity index (χ2n) is 2.87. The molecule has 0 aromatic carbocycles. The van der Waals surface area contributed by atoms with Crippen LogP contribution in [0.1, 0.15) is 23.9 Å². The van der Waals surface area contributed by atoms with E-state index in [0.717, 1.165) is 25.3 Å². The predicted octanol–water partition coefficient (Wildman–Crippen LogP) is 1.77. The lowest BCUT2D eigenvalue weighted by Gasteiger charge is -1.98. The molecule has 1 heterocycles. The van der Waals surface area contributed by atoms with Crippen LogP contribution >= 0.6 is 15.9 Å². The molecule has 0 amide bonds. The van der Waals surface area contributed by atoms with Crippen LogP contribution in [0.2, 0.25) is 0 Å². The summed E-state index contributed by atoms with van der Waals surface area (Å²) in [5.41, 5.74) is 0.970. The van der Waals surface area contributed by atoms with Gasteiger partial charge in [-0.15, -0.1) is 5.10 Å². The summed E-state index contributed by atoms with van der Waals surface area (Å²) < 4.78 is 6.79. The summed E-state index contributed by atoms with van der Waals surface area (Å²) in [6.07, 6.45) is 2.92. The molecule has 0 radical (unpaired) electrons. The van der Waals surface area contributed by atoms with E-state index in [1.807, 2.05) is 17.8 Å². The molecule has 1 atom stereocenters. The summed E-state index contributed by atoms with van der Waals surface area (Å²) in [5, 5.41) is 8.01. The quantitative estimate of drug-likeness (QED) is 0.589. The van der Waals surface area contributed by atoms with Crippen molar-refractivity contribution in [2.45, 2.75) is 24.7 Å². The van der Waals surface area contributed by atoms with Crippen molar-refractivity contribution in [3.63, 3.8) is 0 Å². The molecule has 0 aliphatic heterocycles. The SMILES string of the molecule is COCCCn1cc(C(C)Br)nn1. The van der Waals surface area contributed by atoms with Gasteiger partial charge in [-0.3, -0.25) is 4.68 Å². The van der Waals surface area contributed by atoms with Crippen molar-refractivity contribution in [3.8, 4) is 0 Å². The van der Waals surface area contributed by atoms with Gasteiger partial charge in [-0.05, 0) is 13.3 Å². The zero-order valence-electron chi connectivity index (χ0n) is 7.90. The molecule has 0 N–H and O–H groups in total. The van der Waals surface area contributed by atoms with Crippen LogP contribution < -0.4 is 0 Å². The van der Waals surface area contributed by atoms with Crippen molar-refractivity contribution < 1.29 is 4.74 Å². The van der Waals surface area contributed by atoms with E-state index < -0.39 is 0 Å². The van der Waals surface area contributed by atoms with Gasteiger partial charge in [-0.25, -0.2) is 0 Å². The lowest BCUT2D eigenvalue weighted by Crippen LogP contribution is -2.01. The van der Waals surface area contributed by atoms with E-state index in [1.165, 1.54) is 0 Å². The molecule has 0 saturated heterocycles. The zero-order chi connectivity index (χ0) is 9.68. The highest BCUT2D eigenvalue weighted by Crippen LogP contribution is 2.17. The molecular weight excluding hydrogens is 234 g/mol. The highest BCUT2D eigenvalue weighted by atomic mass is 79.9. The van der Waals surface area contributed by atoms with Crippen LogP contribution in [0.15, 0.2) is 6.20 Å². The fourth-order valence-electron chi connectivity index (χ4n) is 0.976. The number of aryl methyl sites for hydroxylation is 1. The largest absolute Gasteiger partial charge is 0.385 e. The molecule has 5 heteroatoms. The van der Waals surface area contributed by atoms with Crippen molar-refractivity contribution in [1.29, 1.82) is 0 Å². The molecule has 0 fully saturated rings. The van der Waals surface area contributed by atoms with Crippen LogP contribution in [-0.4, -0.2) is 28.7 Å². The Labute approximate surface area is 86.4 Å². The minimum Gasteiger partial charge on any atom is -0.385 e. The van der Waals surface area contributed by atoms with Gasteiger partial charge in [0.15, 0.2) is 0 Å². The molecular formula is C8H14BrN3O. The van der Waals surface area contributed by atoms with E-state index in [-0.39, 0.29) is 4.83 Å². The number of halogens is 1. The summed E-state index contributed by atoms with van der Waals surface area (Å²) in [5.74, 6) is 0. The summed E-state index contributed by atoms with van der Waals surface area (Å²) in [6.45, 7) is 3.66. The monoisotopic (exact) mass is 247 g/mol. The molecule has 1 unspecified atom stereocenters. The van der Waals surface area contributed by atoms with Crippen LogP contribution in [-0.2, 0) is 11.3 Å². The maximum absolute atomic E-state index is 4.95. The Morgan fingerprint density at radius 1 is 1.69 bits per heavy atom. The predicted molar refractivity (Wildman–Crippen MR) is 53.9 cm³/mol. The average Bonchev–Trinajstić information content (AvgIpc) is 2.53. The molecule has 0 spiro atoms. The van der Waals surface area contributed by atoms with Crippen molar-refractivity contribution >= 4 is 15.9 Å². The molecule has 0 bridgehead atoms. The molecule has 1 rings (SSSR count). The van der Waals surface area contributed by atoms with Crippen LogP contribution in [0, 0.1) is 0 Å². The highest BCUT2D eigenvalue weighted by Gasteiger charge is 2.05. The molecule has 1 aromatic heterocycles. The number of nitrogens with zero attached hydrogens (tertiary/aromatic N) is 3. The first kappa shape index (κ1) is 10.7. The van der Waals surface area contributed by atoms with E-state index in [2.05, 4.69) is 26.2 Å². The Morgan fingerprint density at radius 3 is 3.00 bits per heavy atom. The second kappa shape index (κ2) is 5.34. The number of rotatable bonds is 5. The average molecular weight is 248 g/mol. The van der Waals surface area contributed by atoms with E-state index in [0.29, 0.717) is 0 Å². The number of hydrogen-bond acceptors (Lipinski definition) is 3. The zero-order valence-corrected chi connectivity index (χ0v) is 9.49. The van der Waals surface area contributed by atoms with E-state index in [9.17, 15) is 0 Å². The fourth-order valence-corrected chi connectivity index (χ4v) is 1.19. The third kappa shape index (κ3) is 3.44. The Kier molecular flexibility index (Phi) is 4.38. The van der Waals surface area contributed by atoms with E-state index in [1.54, 1.807) is 7.11 Å². The molecule has 74 valence electrons. The maximum atomic E-state index is 4.95. The van der Waals surface area contributed by atoms with Gasteiger partial charge in [0.2, 0.25) is 0 Å². The van der Waals surface area contributed by atoms with Crippen molar-refractivity contribution in [3.05, 3.63) is 11.9 Å². The third-order valence-corrected chi connectivity index (χ3v) is 2.17. The third-order valence-electron chi connectivity index (χ3n) is 1.70. The number of aromatic nitrogens is 3. The van der Waals surface area contributed by atoms with Gasteiger partial charge in [-0.1, -0.05) is 21.1 Å². The van der Waals surface area contributed by atoms with Gasteiger partial charge in [0.25, 0.3) is 0 Å². The number of alkyl halides is 1. The molecule has 1 aromatic rings. The molecule has 0 aliphatic rings. The first-order chi connectivity index (χ1) is 6.24. The minimum atomic E-state index is 0.267. The molecule has 4 nitrogen and oxygen atoms in total. The first-order valence-corrected chi connectivity index (χ1v) is 5.18. The van der Waals surface area contributed by atoms with Crippen LogP contribution in [0.25, 0.3) is 0 Å². The van der Waals surface area contributed by atoms with E-state index in [4.69, 9.17) is 4.74 Å². The normalized spacial score (nSPS) is 13.2. The lowest BCUT2D eigenvalue weighted by atomic mass is 10.4. The summed E-state index contributed by atoms with van der Waals surface area (Å²) >= 11 is 3.44. The Morgan fingerprint density at radius 2 is 2.46 bits per heavy atom. The van der Waals surface area contributed by atoms with Gasteiger partial charge in [0, 0.05) is 26.5 Å². The second-order valence-corrected chi connectivity index (χ2v) is 4.24. The van der Waals surface area contributed by atoms with Gasteiger partial charge in [0.05, 0.1) is 10.5 Å². The molecule has 0 saturated carbocycles. The highest BCUT2D eigenvalue weighted by molar-refractivity contribution is 9.09.